The van der Waals surface area contributed by atoms with Crippen LogP contribution in [0.15, 0.2) is 35.2 Å². The second kappa shape index (κ2) is 7.15. The van der Waals surface area contributed by atoms with Crippen LogP contribution < -0.4 is 9.64 Å². The van der Waals surface area contributed by atoms with Crippen molar-refractivity contribution in [2.24, 2.45) is 0 Å². The number of benzene rings is 2. The Morgan fingerprint density at radius 3 is 2.71 bits per heavy atom. The summed E-state index contributed by atoms with van der Waals surface area (Å²) in [6, 6.07) is 9.82. The number of ether oxygens (including phenoxy) is 1. The van der Waals surface area contributed by atoms with Crippen LogP contribution >= 0.6 is 0 Å². The Hall–Kier alpha value is -2.74. The van der Waals surface area contributed by atoms with Crippen molar-refractivity contribution in [3.63, 3.8) is 0 Å². The Morgan fingerprint density at radius 2 is 2.00 bits per heavy atom. The van der Waals surface area contributed by atoms with Gasteiger partial charge in [-0.05, 0) is 66.3 Å². The van der Waals surface area contributed by atoms with Crippen LogP contribution in [0, 0.1) is 6.92 Å². The molecule has 5 rings (SSSR count). The largest absolute Gasteiger partial charge is 0.497 e. The first kappa shape index (κ1) is 20.2. The second-order valence-electron chi connectivity index (χ2n) is 8.65. The molecule has 31 heavy (non-hydrogen) atoms. The smallest absolute Gasteiger partial charge is 0.407 e. The lowest BCUT2D eigenvalue weighted by Crippen LogP contribution is -2.48. The Balaban J connectivity index is 1.71. The van der Waals surface area contributed by atoms with Crippen molar-refractivity contribution in [3.05, 3.63) is 41.5 Å². The standard InChI is InChI=1S/C23H26N2O5S/c1-14-10-16(30-2)4-5-17(14)15-11-18-19-13-24(23(26)27)8-6-20(19)25-7-3-9-31(28,29)21(12-15)22(18)25/h4-5,10-12,19-20H,3,6-9,13H2,1-2H3,(H,26,27)/t19-,20-/m0/s1. The zero-order valence-electron chi connectivity index (χ0n) is 17.7. The summed E-state index contributed by atoms with van der Waals surface area (Å²) >= 11 is 0. The molecule has 1 N–H and O–H groups in total. The van der Waals surface area contributed by atoms with Gasteiger partial charge in [-0.1, -0.05) is 6.07 Å². The number of hydrogen-bond donors (Lipinski definition) is 1. The number of nitrogens with zero attached hydrogens (tertiary/aromatic N) is 2. The van der Waals surface area contributed by atoms with E-state index in [1.165, 1.54) is 4.90 Å². The van der Waals surface area contributed by atoms with E-state index in [9.17, 15) is 18.3 Å². The third kappa shape index (κ3) is 3.15. The number of hydrogen-bond acceptors (Lipinski definition) is 5. The summed E-state index contributed by atoms with van der Waals surface area (Å²) in [6.45, 7) is 3.55. The summed E-state index contributed by atoms with van der Waals surface area (Å²) in [5.41, 5.74) is 4.58. The number of sulfone groups is 1. The second-order valence-corrected chi connectivity index (χ2v) is 10.7. The molecule has 0 spiro atoms. The lowest BCUT2D eigenvalue weighted by atomic mass is 9.87. The fourth-order valence-electron chi connectivity index (χ4n) is 5.47. The maximum absolute atomic E-state index is 13.2. The molecule has 0 bridgehead atoms. The highest BCUT2D eigenvalue weighted by atomic mass is 32.2. The summed E-state index contributed by atoms with van der Waals surface area (Å²) in [5, 5.41) is 9.55. The molecular weight excluding hydrogens is 416 g/mol. The molecule has 2 atom stereocenters. The lowest BCUT2D eigenvalue weighted by Gasteiger charge is -2.37. The maximum atomic E-state index is 13.2. The van der Waals surface area contributed by atoms with E-state index >= 15 is 0 Å². The summed E-state index contributed by atoms with van der Waals surface area (Å²) in [4.78, 5) is 15.7. The van der Waals surface area contributed by atoms with Gasteiger partial charge in [-0.3, -0.25) is 0 Å². The molecule has 3 aliphatic heterocycles. The molecule has 0 aliphatic carbocycles. The minimum Gasteiger partial charge on any atom is -0.497 e. The topological polar surface area (TPSA) is 87.2 Å². The number of aryl methyl sites for hydroxylation is 1. The van der Waals surface area contributed by atoms with E-state index in [-0.39, 0.29) is 17.7 Å². The Labute approximate surface area is 182 Å². The molecular formula is C23H26N2O5S. The fraction of sp³-hybridized carbons (Fsp3) is 0.435. The van der Waals surface area contributed by atoms with Gasteiger partial charge in [0.1, 0.15) is 5.75 Å². The van der Waals surface area contributed by atoms with Crippen LogP contribution in [0.3, 0.4) is 0 Å². The first-order valence-electron chi connectivity index (χ1n) is 10.6. The van der Waals surface area contributed by atoms with Crippen LogP contribution in [0.25, 0.3) is 11.1 Å². The number of rotatable bonds is 2. The van der Waals surface area contributed by atoms with E-state index in [0.29, 0.717) is 37.4 Å². The molecule has 0 unspecified atom stereocenters. The van der Waals surface area contributed by atoms with Gasteiger partial charge in [0.05, 0.1) is 23.4 Å². The molecule has 2 aromatic carbocycles. The molecule has 1 saturated heterocycles. The first-order valence-corrected chi connectivity index (χ1v) is 12.3. The number of carbonyl (C=O) groups is 1. The van der Waals surface area contributed by atoms with Crippen molar-refractivity contribution in [2.75, 3.05) is 37.4 Å². The summed E-state index contributed by atoms with van der Waals surface area (Å²) in [5.74, 6) is 0.869. The van der Waals surface area contributed by atoms with Gasteiger partial charge in [-0.2, -0.15) is 0 Å². The maximum Gasteiger partial charge on any atom is 0.407 e. The molecule has 0 radical (unpaired) electrons. The molecule has 164 valence electrons. The normalized spacial score (nSPS) is 23.7. The van der Waals surface area contributed by atoms with Crippen molar-refractivity contribution < 1.29 is 23.1 Å². The number of anilines is 1. The van der Waals surface area contributed by atoms with Gasteiger partial charge in [0.2, 0.25) is 0 Å². The molecule has 1 fully saturated rings. The van der Waals surface area contributed by atoms with Gasteiger partial charge in [-0.25, -0.2) is 13.2 Å². The van der Waals surface area contributed by atoms with Gasteiger partial charge in [-0.15, -0.1) is 0 Å². The van der Waals surface area contributed by atoms with Crippen LogP contribution in [-0.2, 0) is 9.84 Å². The predicted molar refractivity (Wildman–Crippen MR) is 118 cm³/mol. The Kier molecular flexibility index (Phi) is 4.66. The van der Waals surface area contributed by atoms with E-state index in [0.717, 1.165) is 33.7 Å². The van der Waals surface area contributed by atoms with E-state index in [2.05, 4.69) is 11.0 Å². The summed E-state index contributed by atoms with van der Waals surface area (Å²) < 4.78 is 31.7. The molecule has 3 heterocycles. The van der Waals surface area contributed by atoms with E-state index in [1.807, 2.05) is 31.2 Å². The van der Waals surface area contributed by atoms with Crippen molar-refractivity contribution in [1.29, 1.82) is 0 Å². The molecule has 0 saturated carbocycles. The van der Waals surface area contributed by atoms with E-state index in [1.54, 1.807) is 7.11 Å². The SMILES string of the molecule is COc1ccc(-c2cc3c4c(c2)S(=O)(=O)CCCN4[C@H]2CCN(C(=O)O)C[C@@H]32)c(C)c1. The number of carboxylic acid groups (broad SMARTS) is 1. The highest BCUT2D eigenvalue weighted by Crippen LogP contribution is 2.50. The molecule has 3 aliphatic rings. The van der Waals surface area contributed by atoms with E-state index < -0.39 is 15.9 Å². The number of likely N-dealkylation sites (tertiary alicyclic amines) is 1. The highest BCUT2D eigenvalue weighted by Gasteiger charge is 2.46. The quantitative estimate of drug-likeness (QED) is 0.766. The van der Waals surface area contributed by atoms with Crippen molar-refractivity contribution in [3.8, 4) is 16.9 Å². The first-order chi connectivity index (χ1) is 14.8. The van der Waals surface area contributed by atoms with E-state index in [4.69, 9.17) is 4.74 Å². The molecule has 7 nitrogen and oxygen atoms in total. The minimum atomic E-state index is -3.42. The third-order valence-corrected chi connectivity index (χ3v) is 8.74. The third-order valence-electron chi connectivity index (χ3n) is 6.93. The van der Waals surface area contributed by atoms with Crippen LogP contribution in [0.1, 0.15) is 29.9 Å². The average Bonchev–Trinajstić information content (AvgIpc) is 2.98. The monoisotopic (exact) mass is 442 g/mol. The number of amides is 1. The zero-order valence-corrected chi connectivity index (χ0v) is 18.5. The lowest BCUT2D eigenvalue weighted by molar-refractivity contribution is 0.127. The van der Waals surface area contributed by atoms with Crippen molar-refractivity contribution in [1.82, 2.24) is 4.90 Å². The predicted octanol–water partition coefficient (Wildman–Crippen LogP) is 3.50. The summed E-state index contributed by atoms with van der Waals surface area (Å²) in [7, 11) is -1.80. The molecule has 1 amide bonds. The van der Waals surface area contributed by atoms with Gasteiger partial charge in [0, 0.05) is 31.6 Å². The Bertz CT molecular complexity index is 1180. The number of fused-ring (bicyclic) bond motifs is 3. The highest BCUT2D eigenvalue weighted by molar-refractivity contribution is 7.91. The summed E-state index contributed by atoms with van der Waals surface area (Å²) in [6.07, 6.45) is 0.377. The van der Waals surface area contributed by atoms with Gasteiger partial charge < -0.3 is 19.6 Å². The number of piperidine rings is 1. The van der Waals surface area contributed by atoms with Gasteiger partial charge in [0.25, 0.3) is 0 Å². The fourth-order valence-corrected chi connectivity index (χ4v) is 7.03. The Morgan fingerprint density at radius 1 is 1.19 bits per heavy atom. The van der Waals surface area contributed by atoms with Gasteiger partial charge in [0.15, 0.2) is 9.84 Å². The average molecular weight is 443 g/mol. The van der Waals surface area contributed by atoms with Crippen LogP contribution in [-0.4, -0.2) is 63.1 Å². The van der Waals surface area contributed by atoms with Crippen molar-refractivity contribution >= 4 is 21.6 Å². The van der Waals surface area contributed by atoms with Crippen molar-refractivity contribution in [2.45, 2.75) is 36.6 Å². The van der Waals surface area contributed by atoms with Crippen LogP contribution in [0.2, 0.25) is 0 Å². The minimum absolute atomic E-state index is 0.0228. The van der Waals surface area contributed by atoms with Crippen LogP contribution in [0.4, 0.5) is 10.5 Å². The zero-order chi connectivity index (χ0) is 21.9. The molecule has 2 aromatic rings. The van der Waals surface area contributed by atoms with Gasteiger partial charge >= 0.3 is 6.09 Å². The number of methoxy groups -OCH3 is 1. The molecule has 0 aromatic heterocycles. The molecule has 8 heteroatoms. The van der Waals surface area contributed by atoms with Crippen LogP contribution in [0.5, 0.6) is 5.75 Å².